The monoisotopic (exact) mass is 467 g/mol. The average Bonchev–Trinajstić information content (AvgIpc) is 2.83. The summed E-state index contributed by atoms with van der Waals surface area (Å²) in [7, 11) is 1.56. The van der Waals surface area contributed by atoms with Crippen LogP contribution in [0.15, 0.2) is 48.5 Å². The molecule has 1 spiro atoms. The molecule has 2 atom stereocenters. The van der Waals surface area contributed by atoms with Crippen molar-refractivity contribution in [1.82, 2.24) is 4.90 Å². The molecule has 2 aliphatic heterocycles. The molecule has 1 N–H and O–H groups in total. The van der Waals surface area contributed by atoms with Crippen LogP contribution in [0.1, 0.15) is 74.0 Å². The molecule has 2 heterocycles. The number of methoxy groups -OCH3 is 1. The second-order valence-electron chi connectivity index (χ2n) is 9.98. The van der Waals surface area contributed by atoms with Gasteiger partial charge >= 0.3 is 0 Å². The molecule has 184 valence electrons. The number of aliphatic hydroxyl groups is 1. The van der Waals surface area contributed by atoms with Crippen molar-refractivity contribution >= 4 is 5.91 Å². The third kappa shape index (κ3) is 5.29. The summed E-state index contributed by atoms with van der Waals surface area (Å²) < 4.78 is 18.3. The number of carbonyl (C=O) groups excluding carboxylic acids is 1. The predicted octanol–water partition coefficient (Wildman–Crippen LogP) is 4.85. The fourth-order valence-electron chi connectivity index (χ4n) is 5.32. The highest BCUT2D eigenvalue weighted by Crippen LogP contribution is 2.44. The van der Waals surface area contributed by atoms with Crippen molar-refractivity contribution in [2.75, 3.05) is 26.8 Å². The van der Waals surface area contributed by atoms with Crippen LogP contribution in [0.25, 0.3) is 0 Å². The SMILES string of the molecule is CCOC1CC(c2ccccc2)OC2(CCN(C(=O)c3ccc(C(C)(C)O)c(OC)c3)CC2)C1. The maximum atomic E-state index is 13.3. The van der Waals surface area contributed by atoms with Gasteiger partial charge in [0, 0.05) is 43.7 Å². The molecule has 2 aromatic rings. The summed E-state index contributed by atoms with van der Waals surface area (Å²) in [6.07, 6.45) is 3.45. The van der Waals surface area contributed by atoms with Gasteiger partial charge < -0.3 is 24.2 Å². The van der Waals surface area contributed by atoms with Gasteiger partial charge in [0.2, 0.25) is 0 Å². The minimum absolute atomic E-state index is 0.00685. The van der Waals surface area contributed by atoms with E-state index in [0.29, 0.717) is 36.6 Å². The van der Waals surface area contributed by atoms with E-state index in [1.807, 2.05) is 30.0 Å². The first-order chi connectivity index (χ1) is 16.2. The number of likely N-dealkylation sites (tertiary alicyclic amines) is 1. The largest absolute Gasteiger partial charge is 0.496 e. The van der Waals surface area contributed by atoms with Gasteiger partial charge in [-0.3, -0.25) is 4.79 Å². The molecule has 2 unspecified atom stereocenters. The standard InChI is InChI=1S/C28H37NO5/c1-5-33-22-18-24(20-9-7-6-8-10-20)34-28(19-22)13-15-29(16-14-28)26(30)21-11-12-23(27(2,3)31)25(17-21)32-4/h6-12,17,22,24,31H,5,13-16,18-19H2,1-4H3. The molecule has 4 rings (SSSR count). The summed E-state index contributed by atoms with van der Waals surface area (Å²) in [6, 6.07) is 15.6. The first-order valence-corrected chi connectivity index (χ1v) is 12.3. The van der Waals surface area contributed by atoms with E-state index >= 15 is 0 Å². The Hall–Kier alpha value is -2.41. The molecule has 34 heavy (non-hydrogen) atoms. The highest BCUT2D eigenvalue weighted by molar-refractivity contribution is 5.95. The first-order valence-electron chi connectivity index (χ1n) is 12.3. The average molecular weight is 468 g/mol. The summed E-state index contributed by atoms with van der Waals surface area (Å²) in [5, 5.41) is 10.4. The van der Waals surface area contributed by atoms with Gasteiger partial charge in [0.25, 0.3) is 5.91 Å². The molecule has 6 heteroatoms. The second kappa shape index (κ2) is 10.1. The number of hydrogen-bond donors (Lipinski definition) is 1. The Morgan fingerprint density at radius 3 is 2.50 bits per heavy atom. The zero-order chi connectivity index (χ0) is 24.3. The Bertz CT molecular complexity index is 976. The minimum atomic E-state index is -1.05. The van der Waals surface area contributed by atoms with E-state index in [-0.39, 0.29) is 23.7 Å². The number of benzene rings is 2. The minimum Gasteiger partial charge on any atom is -0.496 e. The quantitative estimate of drug-likeness (QED) is 0.658. The molecular formula is C28H37NO5. The summed E-state index contributed by atoms with van der Waals surface area (Å²) in [4.78, 5) is 15.2. The summed E-state index contributed by atoms with van der Waals surface area (Å²) in [5.74, 6) is 0.500. The number of piperidine rings is 1. The van der Waals surface area contributed by atoms with Crippen molar-refractivity contribution in [3.8, 4) is 5.75 Å². The Labute approximate surface area is 202 Å². The molecular weight excluding hydrogens is 430 g/mol. The van der Waals surface area contributed by atoms with E-state index in [2.05, 4.69) is 12.1 Å². The Kier molecular flexibility index (Phi) is 7.31. The lowest BCUT2D eigenvalue weighted by Gasteiger charge is -2.48. The van der Waals surface area contributed by atoms with Crippen molar-refractivity contribution in [2.24, 2.45) is 0 Å². The summed E-state index contributed by atoms with van der Waals surface area (Å²) in [5.41, 5.74) is 1.09. The Morgan fingerprint density at radius 1 is 1.18 bits per heavy atom. The van der Waals surface area contributed by atoms with Gasteiger partial charge in [0.05, 0.1) is 30.5 Å². The third-order valence-electron chi connectivity index (χ3n) is 7.11. The zero-order valence-corrected chi connectivity index (χ0v) is 20.8. The molecule has 1 amide bonds. The lowest BCUT2D eigenvalue weighted by Crippen LogP contribution is -2.52. The van der Waals surface area contributed by atoms with Crippen LogP contribution >= 0.6 is 0 Å². The van der Waals surface area contributed by atoms with Crippen LogP contribution < -0.4 is 4.74 Å². The molecule has 2 aromatic carbocycles. The highest BCUT2D eigenvalue weighted by Gasteiger charge is 2.45. The van der Waals surface area contributed by atoms with Crippen molar-refractivity contribution < 1.29 is 24.1 Å². The van der Waals surface area contributed by atoms with E-state index in [1.54, 1.807) is 39.2 Å². The number of rotatable bonds is 6. The fourth-order valence-corrected chi connectivity index (χ4v) is 5.32. The lowest BCUT2D eigenvalue weighted by atomic mass is 9.80. The summed E-state index contributed by atoms with van der Waals surface area (Å²) >= 11 is 0. The van der Waals surface area contributed by atoms with E-state index in [1.165, 1.54) is 5.56 Å². The first kappa shape index (κ1) is 24.7. The zero-order valence-electron chi connectivity index (χ0n) is 20.8. The number of nitrogens with zero attached hydrogens (tertiary/aromatic N) is 1. The van der Waals surface area contributed by atoms with E-state index in [4.69, 9.17) is 14.2 Å². The van der Waals surface area contributed by atoms with Crippen molar-refractivity contribution in [2.45, 2.75) is 69.9 Å². The molecule has 0 radical (unpaired) electrons. The van der Waals surface area contributed by atoms with E-state index in [0.717, 1.165) is 25.7 Å². The Morgan fingerprint density at radius 2 is 1.88 bits per heavy atom. The van der Waals surface area contributed by atoms with Gasteiger partial charge in [-0.25, -0.2) is 0 Å². The molecule has 0 aliphatic carbocycles. The molecule has 0 aromatic heterocycles. The topological polar surface area (TPSA) is 68.2 Å². The van der Waals surface area contributed by atoms with Gasteiger partial charge in [0.15, 0.2) is 0 Å². The van der Waals surface area contributed by atoms with E-state index < -0.39 is 5.60 Å². The van der Waals surface area contributed by atoms with Crippen LogP contribution in [-0.2, 0) is 15.1 Å². The van der Waals surface area contributed by atoms with E-state index in [9.17, 15) is 9.90 Å². The van der Waals surface area contributed by atoms with Crippen molar-refractivity contribution in [3.05, 3.63) is 65.2 Å². The molecule has 2 aliphatic rings. The second-order valence-corrected chi connectivity index (χ2v) is 9.98. The van der Waals surface area contributed by atoms with Crippen LogP contribution in [-0.4, -0.2) is 54.4 Å². The number of carbonyl (C=O) groups is 1. The van der Waals surface area contributed by atoms with Crippen LogP contribution in [0.5, 0.6) is 5.75 Å². The van der Waals surface area contributed by atoms with Gasteiger partial charge in [-0.2, -0.15) is 0 Å². The number of ether oxygens (including phenoxy) is 3. The van der Waals surface area contributed by atoms with Crippen LogP contribution in [0.2, 0.25) is 0 Å². The van der Waals surface area contributed by atoms with Crippen LogP contribution in [0.3, 0.4) is 0 Å². The number of amides is 1. The maximum Gasteiger partial charge on any atom is 0.253 e. The fraction of sp³-hybridized carbons (Fsp3) is 0.536. The summed E-state index contributed by atoms with van der Waals surface area (Å²) in [6.45, 7) is 7.41. The van der Waals surface area contributed by atoms with Crippen molar-refractivity contribution in [3.63, 3.8) is 0 Å². The maximum absolute atomic E-state index is 13.3. The van der Waals surface area contributed by atoms with Crippen LogP contribution in [0, 0.1) is 0 Å². The highest BCUT2D eigenvalue weighted by atomic mass is 16.5. The third-order valence-corrected chi connectivity index (χ3v) is 7.11. The van der Waals surface area contributed by atoms with Crippen molar-refractivity contribution in [1.29, 1.82) is 0 Å². The Balaban J connectivity index is 1.47. The van der Waals surface area contributed by atoms with Gasteiger partial charge in [-0.05, 0) is 51.3 Å². The smallest absolute Gasteiger partial charge is 0.253 e. The molecule has 2 fully saturated rings. The molecule has 6 nitrogen and oxygen atoms in total. The predicted molar refractivity (Wildman–Crippen MR) is 131 cm³/mol. The molecule has 0 saturated carbocycles. The molecule has 2 saturated heterocycles. The van der Waals surface area contributed by atoms with Gasteiger partial charge in [-0.15, -0.1) is 0 Å². The number of hydrogen-bond acceptors (Lipinski definition) is 5. The molecule has 0 bridgehead atoms. The van der Waals surface area contributed by atoms with Gasteiger partial charge in [-0.1, -0.05) is 36.4 Å². The van der Waals surface area contributed by atoms with Crippen LogP contribution in [0.4, 0.5) is 0 Å². The lowest BCUT2D eigenvalue weighted by molar-refractivity contribution is -0.190. The van der Waals surface area contributed by atoms with Gasteiger partial charge in [0.1, 0.15) is 5.75 Å². The normalized spacial score (nSPS) is 22.6.